The molecule has 4 aromatic rings. The number of hydrogen-bond acceptors (Lipinski definition) is 4. The summed E-state index contributed by atoms with van der Waals surface area (Å²) in [4.78, 5) is 27.1. The highest BCUT2D eigenvalue weighted by molar-refractivity contribution is 6.02. The highest BCUT2D eigenvalue weighted by Gasteiger charge is 2.10. The first-order valence-electron chi connectivity index (χ1n) is 9.29. The molecule has 4 rings (SSSR count). The molecule has 0 fully saturated rings. The first-order chi connectivity index (χ1) is 14.5. The number of non-ortho nitro benzene ring substituents is 1. The van der Waals surface area contributed by atoms with Crippen LogP contribution in [0.3, 0.4) is 0 Å². The van der Waals surface area contributed by atoms with Gasteiger partial charge in [-0.1, -0.05) is 18.2 Å². The number of fused-ring (bicyclic) bond motifs is 1. The van der Waals surface area contributed by atoms with Crippen LogP contribution in [0.2, 0.25) is 0 Å². The number of rotatable bonds is 5. The van der Waals surface area contributed by atoms with Gasteiger partial charge in [0.1, 0.15) is 5.82 Å². The van der Waals surface area contributed by atoms with Crippen molar-refractivity contribution in [2.75, 3.05) is 5.32 Å². The minimum atomic E-state index is -0.461. The van der Waals surface area contributed by atoms with Crippen molar-refractivity contribution in [2.24, 2.45) is 0 Å². The third kappa shape index (κ3) is 3.95. The van der Waals surface area contributed by atoms with Crippen molar-refractivity contribution in [2.45, 2.75) is 6.92 Å². The zero-order chi connectivity index (χ0) is 21.1. The van der Waals surface area contributed by atoms with Gasteiger partial charge in [0, 0.05) is 29.6 Å². The summed E-state index contributed by atoms with van der Waals surface area (Å²) in [6, 6.07) is 21.5. The molecule has 1 heterocycles. The number of carbonyl (C=O) groups is 1. The van der Waals surface area contributed by atoms with Gasteiger partial charge in [-0.05, 0) is 61.0 Å². The van der Waals surface area contributed by atoms with Crippen molar-refractivity contribution < 1.29 is 9.72 Å². The standard InChI is InChI=1S/C23H18N4O3/c1-16-24-21-15-18(10-13-22(21)26(16)19-5-3-2-4-6-19)25-23(28)14-9-17-7-11-20(12-8-17)27(29)30/h2-15H,1H3,(H,25,28). The fraction of sp³-hybridized carbons (Fsp3) is 0.0435. The third-order valence-electron chi connectivity index (χ3n) is 4.64. The molecule has 0 saturated heterocycles. The predicted molar refractivity (Wildman–Crippen MR) is 117 cm³/mol. The minimum Gasteiger partial charge on any atom is -0.322 e. The molecular formula is C23H18N4O3. The molecule has 1 aromatic heterocycles. The number of imidazole rings is 1. The molecule has 0 bridgehead atoms. The summed E-state index contributed by atoms with van der Waals surface area (Å²) < 4.78 is 2.06. The Hall–Kier alpha value is -4.26. The molecule has 1 amide bonds. The van der Waals surface area contributed by atoms with Crippen LogP contribution in [0, 0.1) is 17.0 Å². The van der Waals surface area contributed by atoms with E-state index >= 15 is 0 Å². The topological polar surface area (TPSA) is 90.1 Å². The minimum absolute atomic E-state index is 0.00939. The first-order valence-corrected chi connectivity index (χ1v) is 9.29. The molecule has 0 saturated carbocycles. The summed E-state index contributed by atoms with van der Waals surface area (Å²) in [5, 5.41) is 13.5. The van der Waals surface area contributed by atoms with Gasteiger partial charge in [0.25, 0.3) is 5.69 Å². The molecule has 7 nitrogen and oxygen atoms in total. The van der Waals surface area contributed by atoms with Gasteiger partial charge in [-0.25, -0.2) is 4.98 Å². The molecule has 0 aliphatic rings. The second kappa shape index (κ2) is 8.00. The van der Waals surface area contributed by atoms with E-state index in [1.54, 1.807) is 18.2 Å². The Morgan fingerprint density at radius 3 is 2.50 bits per heavy atom. The van der Waals surface area contributed by atoms with Crippen molar-refractivity contribution >= 4 is 34.4 Å². The van der Waals surface area contributed by atoms with E-state index in [2.05, 4.69) is 14.9 Å². The van der Waals surface area contributed by atoms with Crippen molar-refractivity contribution in [1.82, 2.24) is 9.55 Å². The number of hydrogen-bond donors (Lipinski definition) is 1. The van der Waals surface area contributed by atoms with Gasteiger partial charge in [-0.15, -0.1) is 0 Å². The van der Waals surface area contributed by atoms with E-state index in [9.17, 15) is 14.9 Å². The van der Waals surface area contributed by atoms with Crippen LogP contribution in [0.25, 0.3) is 22.8 Å². The van der Waals surface area contributed by atoms with Gasteiger partial charge < -0.3 is 5.32 Å². The van der Waals surface area contributed by atoms with Gasteiger partial charge in [0.2, 0.25) is 5.91 Å². The number of nitrogens with one attached hydrogen (secondary N) is 1. The molecular weight excluding hydrogens is 380 g/mol. The fourth-order valence-corrected chi connectivity index (χ4v) is 3.24. The molecule has 0 radical (unpaired) electrons. The lowest BCUT2D eigenvalue weighted by Gasteiger charge is -2.07. The monoisotopic (exact) mass is 398 g/mol. The summed E-state index contributed by atoms with van der Waals surface area (Å²) in [5.74, 6) is 0.560. The van der Waals surface area contributed by atoms with Gasteiger partial charge in [-0.2, -0.15) is 0 Å². The summed E-state index contributed by atoms with van der Waals surface area (Å²) in [7, 11) is 0. The maximum atomic E-state index is 12.3. The Balaban J connectivity index is 1.51. The maximum Gasteiger partial charge on any atom is 0.269 e. The number of nitrogens with zero attached hydrogens (tertiary/aromatic N) is 3. The zero-order valence-corrected chi connectivity index (χ0v) is 16.1. The van der Waals surface area contributed by atoms with E-state index in [-0.39, 0.29) is 11.6 Å². The number of aromatic nitrogens is 2. The van der Waals surface area contributed by atoms with E-state index < -0.39 is 4.92 Å². The molecule has 7 heteroatoms. The van der Waals surface area contributed by atoms with Gasteiger partial charge in [0.05, 0.1) is 16.0 Å². The third-order valence-corrected chi connectivity index (χ3v) is 4.64. The van der Waals surface area contributed by atoms with E-state index in [1.165, 1.54) is 18.2 Å². The molecule has 0 atom stereocenters. The van der Waals surface area contributed by atoms with Gasteiger partial charge in [0.15, 0.2) is 0 Å². The van der Waals surface area contributed by atoms with Crippen molar-refractivity contribution in [1.29, 1.82) is 0 Å². The van der Waals surface area contributed by atoms with Crippen molar-refractivity contribution in [3.05, 3.63) is 100 Å². The smallest absolute Gasteiger partial charge is 0.269 e. The quantitative estimate of drug-likeness (QED) is 0.294. The fourth-order valence-electron chi connectivity index (χ4n) is 3.24. The largest absolute Gasteiger partial charge is 0.322 e. The normalized spacial score (nSPS) is 11.1. The summed E-state index contributed by atoms with van der Waals surface area (Å²) >= 11 is 0. The van der Waals surface area contributed by atoms with Crippen LogP contribution in [0.5, 0.6) is 0 Å². The van der Waals surface area contributed by atoms with E-state index in [4.69, 9.17) is 0 Å². The molecule has 30 heavy (non-hydrogen) atoms. The van der Waals surface area contributed by atoms with Gasteiger partial charge in [-0.3, -0.25) is 19.5 Å². The van der Waals surface area contributed by atoms with Crippen molar-refractivity contribution in [3.8, 4) is 5.69 Å². The number of nitro groups is 1. The van der Waals surface area contributed by atoms with Crippen LogP contribution in [-0.2, 0) is 4.79 Å². The molecule has 1 N–H and O–H groups in total. The van der Waals surface area contributed by atoms with Crippen LogP contribution < -0.4 is 5.32 Å². The second-order valence-electron chi connectivity index (χ2n) is 6.70. The van der Waals surface area contributed by atoms with Crippen LogP contribution >= 0.6 is 0 Å². The Bertz CT molecular complexity index is 1260. The average Bonchev–Trinajstić information content (AvgIpc) is 3.08. The first kappa shape index (κ1) is 19.1. The van der Waals surface area contributed by atoms with E-state index in [0.717, 1.165) is 22.5 Å². The number of para-hydroxylation sites is 1. The zero-order valence-electron chi connectivity index (χ0n) is 16.1. The summed E-state index contributed by atoms with van der Waals surface area (Å²) in [6.45, 7) is 1.94. The van der Waals surface area contributed by atoms with Crippen LogP contribution in [0.1, 0.15) is 11.4 Å². The summed E-state index contributed by atoms with van der Waals surface area (Å²) in [6.07, 6.45) is 2.99. The summed E-state index contributed by atoms with van der Waals surface area (Å²) in [5.41, 5.74) is 4.11. The molecule has 148 valence electrons. The number of carbonyl (C=O) groups excluding carboxylic acids is 1. The van der Waals surface area contributed by atoms with Crippen molar-refractivity contribution in [3.63, 3.8) is 0 Å². The molecule has 0 spiro atoms. The number of amides is 1. The number of aryl methyl sites for hydroxylation is 1. The Labute approximate surface area is 172 Å². The highest BCUT2D eigenvalue weighted by Crippen LogP contribution is 2.24. The Morgan fingerprint density at radius 1 is 1.07 bits per heavy atom. The lowest BCUT2D eigenvalue weighted by Crippen LogP contribution is -2.07. The Kier molecular flexibility index (Phi) is 5.09. The molecule has 0 aliphatic carbocycles. The predicted octanol–water partition coefficient (Wildman–Crippen LogP) is 4.89. The van der Waals surface area contributed by atoms with Crippen LogP contribution in [-0.4, -0.2) is 20.4 Å². The second-order valence-corrected chi connectivity index (χ2v) is 6.70. The molecule has 0 unspecified atom stereocenters. The number of benzene rings is 3. The lowest BCUT2D eigenvalue weighted by atomic mass is 10.2. The average molecular weight is 398 g/mol. The Morgan fingerprint density at radius 2 is 1.80 bits per heavy atom. The SMILES string of the molecule is Cc1nc2cc(NC(=O)C=Cc3ccc([N+](=O)[O-])cc3)ccc2n1-c1ccccc1. The van der Waals surface area contributed by atoms with Crippen LogP contribution in [0.4, 0.5) is 11.4 Å². The molecule has 3 aromatic carbocycles. The van der Waals surface area contributed by atoms with Crippen LogP contribution in [0.15, 0.2) is 78.9 Å². The maximum absolute atomic E-state index is 12.3. The van der Waals surface area contributed by atoms with Gasteiger partial charge >= 0.3 is 0 Å². The highest BCUT2D eigenvalue weighted by atomic mass is 16.6. The number of nitro benzene ring substituents is 1. The van der Waals surface area contributed by atoms with E-state index in [1.807, 2.05) is 55.5 Å². The molecule has 0 aliphatic heterocycles. The number of anilines is 1. The van der Waals surface area contributed by atoms with E-state index in [0.29, 0.717) is 11.3 Å². The lowest BCUT2D eigenvalue weighted by molar-refractivity contribution is -0.384.